The average molecular weight is 1590 g/mol. The first-order valence-electron chi connectivity index (χ1n) is 41.9. The van der Waals surface area contributed by atoms with Gasteiger partial charge in [-0.15, -0.1) is 0 Å². The molecule has 0 unspecified atom stereocenters. The monoisotopic (exact) mass is 1590 g/mol. The molecule has 124 heavy (non-hydrogen) atoms. The van der Waals surface area contributed by atoms with Crippen LogP contribution in [0, 0.1) is 0 Å². The molecule has 4 aromatic heterocycles. The number of ether oxygens (including phenoxy) is 8. The summed E-state index contributed by atoms with van der Waals surface area (Å²) in [7, 11) is 0. The molecule has 12 nitrogen and oxygen atoms in total. The Hall–Kier alpha value is -16.2. The number of benzene rings is 18. The van der Waals surface area contributed by atoms with Gasteiger partial charge in [-0.1, -0.05) is 243 Å². The quantitative estimate of drug-likeness (QED) is 0.155. The highest BCUT2D eigenvalue weighted by molar-refractivity contribution is 7.00. The number of para-hydroxylation sites is 10. The van der Waals surface area contributed by atoms with Crippen LogP contribution in [0.1, 0.15) is 0 Å². The molecule has 30 rings (SSSR count). The first-order chi connectivity index (χ1) is 61.5. The molecule has 0 N–H and O–H groups in total. The van der Waals surface area contributed by atoms with Crippen molar-refractivity contribution in [1.29, 1.82) is 0 Å². The van der Waals surface area contributed by atoms with Crippen molar-refractivity contribution in [3.63, 3.8) is 0 Å². The molecule has 0 spiro atoms. The van der Waals surface area contributed by atoms with Crippen molar-refractivity contribution in [1.82, 2.24) is 9.13 Å². The highest BCUT2D eigenvalue weighted by Gasteiger charge is 2.46. The van der Waals surface area contributed by atoms with Crippen LogP contribution in [0.2, 0.25) is 0 Å². The number of nitrogens with zero attached hydrogens (tertiary/aromatic N) is 2. The van der Waals surface area contributed by atoms with E-state index in [1.165, 1.54) is 54.5 Å². The van der Waals surface area contributed by atoms with Gasteiger partial charge in [0, 0.05) is 77.0 Å². The van der Waals surface area contributed by atoms with Crippen LogP contribution in [0.25, 0.3) is 98.9 Å². The zero-order valence-electron chi connectivity index (χ0n) is 66.1. The van der Waals surface area contributed by atoms with E-state index < -0.39 is 0 Å². The van der Waals surface area contributed by atoms with Crippen LogP contribution in [0.15, 0.2) is 385 Å². The molecule has 18 aromatic carbocycles. The number of rotatable bonds is 2. The largest absolute Gasteiger partial charge is 0.458 e. The lowest BCUT2D eigenvalue weighted by Crippen LogP contribution is -2.57. The van der Waals surface area contributed by atoms with Gasteiger partial charge < -0.3 is 55.9 Å². The topological polar surface area (TPSA) is 110 Å². The maximum Gasteiger partial charge on any atom is 0.260 e. The third kappa shape index (κ3) is 10.1. The van der Waals surface area contributed by atoms with Gasteiger partial charge in [-0.3, -0.25) is 0 Å². The molecule has 0 atom stereocenters. The molecule has 0 saturated heterocycles. The van der Waals surface area contributed by atoms with Crippen LogP contribution in [-0.4, -0.2) is 36.0 Å². The van der Waals surface area contributed by atoms with Gasteiger partial charge in [0.1, 0.15) is 103 Å². The molecule has 576 valence electrons. The lowest BCUT2D eigenvalue weighted by Gasteiger charge is -2.33. The summed E-state index contributed by atoms with van der Waals surface area (Å²) in [6, 6.07) is 129. The van der Waals surface area contributed by atoms with Crippen LogP contribution in [-0.2, 0) is 0 Å². The van der Waals surface area contributed by atoms with E-state index in [1.807, 2.05) is 140 Å². The number of furan rings is 2. The summed E-state index contributed by atoms with van der Waals surface area (Å²) in [4.78, 5) is 0. The fraction of sp³-hybridized carbons (Fsp3) is 0. The summed E-state index contributed by atoms with van der Waals surface area (Å²) in [6.07, 6.45) is 0. The van der Waals surface area contributed by atoms with E-state index in [4.69, 9.17) is 46.7 Å². The van der Waals surface area contributed by atoms with Crippen molar-refractivity contribution < 1.29 is 46.7 Å². The Bertz CT molecular complexity index is 8340. The fourth-order valence-corrected chi connectivity index (χ4v) is 20.7. The second-order valence-electron chi connectivity index (χ2n) is 32.4. The molecular formula is C108H62B4N2O10. The van der Waals surface area contributed by atoms with Gasteiger partial charge in [0.2, 0.25) is 0 Å². The summed E-state index contributed by atoms with van der Waals surface area (Å²) in [5, 5.41) is 9.18. The van der Waals surface area contributed by atoms with Gasteiger partial charge in [-0.25, -0.2) is 0 Å². The Morgan fingerprint density at radius 3 is 1.08 bits per heavy atom. The van der Waals surface area contributed by atoms with Crippen molar-refractivity contribution in [2.45, 2.75) is 0 Å². The van der Waals surface area contributed by atoms with Crippen LogP contribution in [0.4, 0.5) is 0 Å². The lowest BCUT2D eigenvalue weighted by atomic mass is 9.35. The van der Waals surface area contributed by atoms with Crippen molar-refractivity contribution in [3.05, 3.63) is 376 Å². The molecule has 22 aromatic rings. The number of fused-ring (bicyclic) bond motifs is 31. The van der Waals surface area contributed by atoms with Crippen LogP contribution in [0.3, 0.4) is 0 Å². The van der Waals surface area contributed by atoms with Gasteiger partial charge in [-0.05, 0) is 171 Å². The van der Waals surface area contributed by atoms with E-state index in [9.17, 15) is 0 Å². The second kappa shape index (κ2) is 26.7. The minimum atomic E-state index is 0.0616. The maximum absolute atomic E-state index is 6.74. The molecule has 12 heterocycles. The van der Waals surface area contributed by atoms with Gasteiger partial charge >= 0.3 is 0 Å². The SMILES string of the molecule is c1ccc(-n2c3ccccc3c3c4c(ccc32)B2c3ccccc3Oc3cccc(c32)O4)cc1.c1ccc(-n2c3ccccc3c3ccc4c(c32)Oc2cccc3c2B4c2ccccc2O3)cc1.c1ccc2c(c1)Oc1cccc3c1B2c1cc2c(cc1O3)oc1ccccc12.c1ccc2c(c1)Oc1cccc3c1B2c1ccc2c(oc4ccccc42)c1O3. The first-order valence-corrected chi connectivity index (χ1v) is 41.9. The minimum absolute atomic E-state index is 0.0616. The molecule has 8 aliphatic heterocycles. The molecular weight excluding hydrogens is 1530 g/mol. The predicted molar refractivity (Wildman–Crippen MR) is 500 cm³/mol. The zero-order valence-corrected chi connectivity index (χ0v) is 66.1. The molecule has 0 amide bonds. The normalized spacial score (nSPS) is 13.3. The van der Waals surface area contributed by atoms with Crippen molar-refractivity contribution in [2.24, 2.45) is 0 Å². The predicted octanol–water partition coefficient (Wildman–Crippen LogP) is 19.6. The third-order valence-corrected chi connectivity index (χ3v) is 25.9. The molecule has 0 aliphatic carbocycles. The van der Waals surface area contributed by atoms with E-state index in [-0.39, 0.29) is 26.9 Å². The Balaban J connectivity index is 0.0000000868. The van der Waals surface area contributed by atoms with Crippen LogP contribution >= 0.6 is 0 Å². The Kier molecular flexibility index (Phi) is 14.8. The van der Waals surface area contributed by atoms with Crippen molar-refractivity contribution in [3.8, 4) is 103 Å². The third-order valence-electron chi connectivity index (χ3n) is 25.9. The molecule has 0 bridgehead atoms. The highest BCUT2D eigenvalue weighted by Crippen LogP contribution is 2.48. The maximum atomic E-state index is 6.74. The van der Waals surface area contributed by atoms with Gasteiger partial charge in [-0.2, -0.15) is 0 Å². The molecule has 0 fully saturated rings. The van der Waals surface area contributed by atoms with Crippen LogP contribution < -0.4 is 103 Å². The van der Waals surface area contributed by atoms with Crippen molar-refractivity contribution in [2.75, 3.05) is 0 Å². The molecule has 0 radical (unpaired) electrons. The molecule has 16 heteroatoms. The smallest absolute Gasteiger partial charge is 0.260 e. The van der Waals surface area contributed by atoms with Gasteiger partial charge in [0.05, 0.1) is 27.5 Å². The number of hydrogen-bond acceptors (Lipinski definition) is 10. The summed E-state index contributed by atoms with van der Waals surface area (Å²) in [5.41, 5.74) is 24.0. The Labute approximate surface area is 710 Å². The summed E-state index contributed by atoms with van der Waals surface area (Å²) < 4.78 is 68.1. The minimum Gasteiger partial charge on any atom is -0.458 e. The Morgan fingerprint density at radius 2 is 0.548 bits per heavy atom. The standard InChI is InChI=1S/2C30H18BNO2.2C24H13BO3/c1-2-9-19(10-3-1)32-24-13-6-4-11-20(24)21-17-18-23-30(29(21)32)34-27-16-8-15-26-28(27)31(23)22-12-5-7-14-25(22)33-26;1-2-9-19(10-3-1)32-23-13-6-4-11-20(23)28-24(32)18-17-22-30(28)34-27-16-8-15-26-29(27)31(22)21-12-5-7-14-25(21)33-26;1-3-8-18-14(6-1)15-12-17-23(13-22(15)26-18)28-21-11-5-10-20-24(21)25(17)16-7-2-4-9-19(16)27-20;1-3-8-18-14(6-1)15-12-13-17-24(23(15)27-18)28-21-11-5-10-20-22(21)25(17)16-7-2-4-9-19(16)26-20/h2*1-18H;2*1-13H. The van der Waals surface area contributed by atoms with E-state index >= 15 is 0 Å². The average Bonchev–Trinajstić information content (AvgIpc) is 1.57. The highest BCUT2D eigenvalue weighted by atomic mass is 16.5. The first kappa shape index (κ1) is 68.7. The van der Waals surface area contributed by atoms with Gasteiger partial charge in [0.25, 0.3) is 26.9 Å². The van der Waals surface area contributed by atoms with E-state index in [0.717, 1.165) is 202 Å². The summed E-state index contributed by atoms with van der Waals surface area (Å²) in [6.45, 7) is 0.283. The van der Waals surface area contributed by atoms with Crippen LogP contribution in [0.5, 0.6) is 92.0 Å². The second-order valence-corrected chi connectivity index (χ2v) is 32.4. The number of hydrogen-bond donors (Lipinski definition) is 0. The molecule has 0 saturated carbocycles. The Morgan fingerprint density at radius 1 is 0.185 bits per heavy atom. The van der Waals surface area contributed by atoms with Gasteiger partial charge in [0.15, 0.2) is 11.3 Å². The van der Waals surface area contributed by atoms with Crippen molar-refractivity contribution >= 4 is 180 Å². The number of aromatic nitrogens is 2. The van der Waals surface area contributed by atoms with E-state index in [0.29, 0.717) is 0 Å². The zero-order chi connectivity index (χ0) is 80.9. The molecule has 8 aliphatic rings. The fourth-order valence-electron chi connectivity index (χ4n) is 20.7. The van der Waals surface area contributed by atoms with E-state index in [1.54, 1.807) is 0 Å². The lowest BCUT2D eigenvalue weighted by molar-refractivity contribution is 0.461. The summed E-state index contributed by atoms with van der Waals surface area (Å²) >= 11 is 0. The summed E-state index contributed by atoms with van der Waals surface area (Å²) in [5.74, 6) is 14.0. The van der Waals surface area contributed by atoms with E-state index in [2.05, 4.69) is 246 Å².